The van der Waals surface area contributed by atoms with Gasteiger partial charge < -0.3 is 40.8 Å². The molecular formula is C39H47N7O8. The Morgan fingerprint density at radius 1 is 0.870 bits per heavy atom. The SMILES string of the molecule is CC(C)[C@H]1NC(=O)[C@H]([C@@H](C)O)NC(=O)[C@@H](C)NC(=O)[C@@H](NC(=O)c2ccc(Cn3cccn3)o2)Cc2ccc(cc2)OC[C@H](Cc2ccccc2)NC1=O. The zero-order valence-electron chi connectivity index (χ0n) is 30.7. The summed E-state index contributed by atoms with van der Waals surface area (Å²) >= 11 is 0. The number of carbonyl (C=O) groups is 5. The molecule has 0 spiro atoms. The van der Waals surface area contributed by atoms with E-state index in [2.05, 4.69) is 31.7 Å². The number of nitrogens with zero attached hydrogens (tertiary/aromatic N) is 2. The summed E-state index contributed by atoms with van der Waals surface area (Å²) in [6.45, 7) is 6.66. The lowest BCUT2D eigenvalue weighted by Crippen LogP contribution is -2.61. The number of aliphatic hydroxyl groups excluding tert-OH is 1. The van der Waals surface area contributed by atoms with E-state index in [1.165, 1.54) is 19.9 Å². The molecule has 0 unspecified atom stereocenters. The Bertz CT molecular complexity index is 1880. The first-order chi connectivity index (χ1) is 25.9. The van der Waals surface area contributed by atoms with Gasteiger partial charge in [0.2, 0.25) is 23.6 Å². The topological polar surface area (TPSA) is 206 Å². The number of rotatable bonds is 8. The second-order valence-electron chi connectivity index (χ2n) is 13.7. The number of nitrogens with one attached hydrogen (secondary N) is 5. The van der Waals surface area contributed by atoms with Crippen molar-refractivity contribution in [2.24, 2.45) is 5.92 Å². The second kappa shape index (κ2) is 18.2. The molecule has 4 heterocycles. The van der Waals surface area contributed by atoms with Crippen LogP contribution in [0, 0.1) is 5.92 Å². The van der Waals surface area contributed by atoms with E-state index < -0.39 is 65.8 Å². The molecule has 0 radical (unpaired) electrons. The van der Waals surface area contributed by atoms with Gasteiger partial charge in [-0.15, -0.1) is 0 Å². The number of amides is 5. The van der Waals surface area contributed by atoms with Gasteiger partial charge in [-0.2, -0.15) is 5.10 Å². The van der Waals surface area contributed by atoms with Crippen molar-refractivity contribution in [3.8, 4) is 5.75 Å². The number of carbonyl (C=O) groups excluding carboxylic acids is 5. The average molecular weight is 742 g/mol. The summed E-state index contributed by atoms with van der Waals surface area (Å²) in [4.78, 5) is 67.6. The molecule has 15 heteroatoms. The molecule has 6 rings (SSSR count). The maximum absolute atomic E-state index is 13.7. The number of furan rings is 1. The van der Waals surface area contributed by atoms with Crippen molar-refractivity contribution in [3.63, 3.8) is 0 Å². The van der Waals surface area contributed by atoms with Crippen molar-refractivity contribution in [2.75, 3.05) is 6.61 Å². The number of benzene rings is 2. The van der Waals surface area contributed by atoms with E-state index in [0.29, 0.717) is 30.0 Å². The normalized spacial score (nSPS) is 22.3. The van der Waals surface area contributed by atoms with Gasteiger partial charge in [0.15, 0.2) is 5.76 Å². The quantitative estimate of drug-likeness (QED) is 0.145. The lowest BCUT2D eigenvalue weighted by Gasteiger charge is -2.29. The van der Waals surface area contributed by atoms with E-state index in [0.717, 1.165) is 5.56 Å². The molecule has 0 saturated heterocycles. The summed E-state index contributed by atoms with van der Waals surface area (Å²) in [6, 6.07) is 16.1. The summed E-state index contributed by atoms with van der Waals surface area (Å²) in [5, 5.41) is 28.2. The van der Waals surface area contributed by atoms with E-state index in [1.807, 2.05) is 30.3 Å². The van der Waals surface area contributed by atoms with Crippen molar-refractivity contribution in [2.45, 2.75) is 83.4 Å². The standard InChI is InChI=1S/C39H47N7O8/c1-23(2)33-38(51)42-28(19-26-9-6-5-7-10-26)22-53-29-13-11-27(12-14-29)20-31(36(49)41-24(3)35(48)45-34(25(4)47)39(52)44-33)43-37(50)32-16-15-30(54-32)21-46-18-8-17-40-46/h5-18,23-25,28,31,33-34,47H,19-22H2,1-4H3,(H,41,49)(H,42,51)(H,43,50)(H,44,52)(H,45,48)/t24-,25-,28+,31+,33-,34+/m1/s1. The molecule has 2 aromatic carbocycles. The van der Waals surface area contributed by atoms with Crippen LogP contribution < -0.4 is 31.3 Å². The summed E-state index contributed by atoms with van der Waals surface area (Å²) in [6.07, 6.45) is 2.50. The van der Waals surface area contributed by atoms with Crippen LogP contribution in [-0.4, -0.2) is 87.3 Å². The van der Waals surface area contributed by atoms with Crippen LogP contribution >= 0.6 is 0 Å². The van der Waals surface area contributed by atoms with Gasteiger partial charge in [0.1, 0.15) is 42.3 Å². The van der Waals surface area contributed by atoms with Gasteiger partial charge >= 0.3 is 0 Å². The molecule has 2 aliphatic rings. The van der Waals surface area contributed by atoms with Crippen LogP contribution in [0.25, 0.3) is 0 Å². The number of aliphatic hydroxyl groups is 1. The zero-order valence-corrected chi connectivity index (χ0v) is 30.7. The van der Waals surface area contributed by atoms with E-state index in [4.69, 9.17) is 9.15 Å². The molecule has 0 saturated carbocycles. The van der Waals surface area contributed by atoms with Gasteiger partial charge in [-0.1, -0.05) is 56.3 Å². The van der Waals surface area contributed by atoms with E-state index in [1.54, 1.807) is 67.3 Å². The smallest absolute Gasteiger partial charge is 0.287 e. The molecule has 4 aromatic rings. The third-order valence-electron chi connectivity index (χ3n) is 8.93. The number of hydrogen-bond acceptors (Lipinski definition) is 9. The average Bonchev–Trinajstić information content (AvgIpc) is 3.84. The number of aromatic nitrogens is 2. The van der Waals surface area contributed by atoms with Crippen LogP contribution in [-0.2, 0) is 38.6 Å². The molecule has 6 atom stereocenters. The minimum atomic E-state index is -1.46. The highest BCUT2D eigenvalue weighted by Gasteiger charge is 2.34. The van der Waals surface area contributed by atoms with E-state index in [9.17, 15) is 29.1 Å². The molecule has 2 aliphatic heterocycles. The summed E-state index contributed by atoms with van der Waals surface area (Å²) < 4.78 is 13.5. The largest absolute Gasteiger partial charge is 0.491 e. The molecule has 15 nitrogen and oxygen atoms in total. The Labute approximate surface area is 313 Å². The molecule has 2 aromatic heterocycles. The number of ether oxygens (including phenoxy) is 1. The maximum atomic E-state index is 13.7. The highest BCUT2D eigenvalue weighted by molar-refractivity contribution is 5.98. The monoisotopic (exact) mass is 741 g/mol. The van der Waals surface area contributed by atoms with Crippen LogP contribution in [0.1, 0.15) is 55.1 Å². The maximum Gasteiger partial charge on any atom is 0.287 e. The van der Waals surface area contributed by atoms with E-state index >= 15 is 0 Å². The van der Waals surface area contributed by atoms with Crippen molar-refractivity contribution in [1.82, 2.24) is 36.4 Å². The minimum absolute atomic E-state index is 0.0198. The van der Waals surface area contributed by atoms with Gasteiger partial charge in [0, 0.05) is 18.8 Å². The fourth-order valence-electron chi connectivity index (χ4n) is 5.91. The predicted octanol–water partition coefficient (Wildman–Crippen LogP) is 1.50. The first-order valence-electron chi connectivity index (χ1n) is 17.9. The molecule has 0 aliphatic carbocycles. The highest BCUT2D eigenvalue weighted by atomic mass is 16.5. The van der Waals surface area contributed by atoms with Gasteiger partial charge in [-0.3, -0.25) is 28.7 Å². The van der Waals surface area contributed by atoms with Gasteiger partial charge in [0.05, 0.1) is 18.7 Å². The molecule has 0 fully saturated rings. The Kier molecular flexibility index (Phi) is 13.2. The Morgan fingerprint density at radius 2 is 1.57 bits per heavy atom. The van der Waals surface area contributed by atoms with Gasteiger partial charge in [-0.05, 0) is 67.6 Å². The fraction of sp³-hybridized carbons (Fsp3) is 0.385. The Balaban J connectivity index is 1.41. The minimum Gasteiger partial charge on any atom is -0.491 e. The first kappa shape index (κ1) is 39.3. The Hall–Kier alpha value is -5.96. The zero-order chi connectivity index (χ0) is 38.8. The van der Waals surface area contributed by atoms with Crippen molar-refractivity contribution < 1.29 is 38.2 Å². The van der Waals surface area contributed by atoms with Crippen molar-refractivity contribution >= 4 is 29.5 Å². The van der Waals surface area contributed by atoms with Crippen LogP contribution in [0.15, 0.2) is 89.6 Å². The first-order valence-corrected chi connectivity index (χ1v) is 17.9. The van der Waals surface area contributed by atoms with Crippen LogP contribution in [0.5, 0.6) is 5.75 Å². The molecule has 54 heavy (non-hydrogen) atoms. The third-order valence-corrected chi connectivity index (χ3v) is 8.93. The Morgan fingerprint density at radius 3 is 2.24 bits per heavy atom. The molecule has 2 bridgehead atoms. The fourth-order valence-corrected chi connectivity index (χ4v) is 5.91. The van der Waals surface area contributed by atoms with Crippen LogP contribution in [0.3, 0.4) is 0 Å². The summed E-state index contributed by atoms with van der Waals surface area (Å²) in [5.41, 5.74) is 1.63. The number of fused-ring (bicyclic) bond motifs is 17. The van der Waals surface area contributed by atoms with E-state index in [-0.39, 0.29) is 24.7 Å². The van der Waals surface area contributed by atoms with Crippen molar-refractivity contribution in [1.29, 1.82) is 0 Å². The molecule has 6 N–H and O–H groups in total. The molecule has 5 amide bonds. The van der Waals surface area contributed by atoms with Gasteiger partial charge in [-0.25, -0.2) is 0 Å². The van der Waals surface area contributed by atoms with Crippen molar-refractivity contribution in [3.05, 3.63) is 108 Å². The molecule has 286 valence electrons. The van der Waals surface area contributed by atoms with Crippen LogP contribution in [0.4, 0.5) is 0 Å². The predicted molar refractivity (Wildman–Crippen MR) is 197 cm³/mol. The summed E-state index contributed by atoms with van der Waals surface area (Å²) in [7, 11) is 0. The van der Waals surface area contributed by atoms with Crippen LogP contribution in [0.2, 0.25) is 0 Å². The second-order valence-corrected chi connectivity index (χ2v) is 13.7. The number of hydrogen-bond donors (Lipinski definition) is 6. The lowest BCUT2D eigenvalue weighted by atomic mass is 10.0. The molecular weight excluding hydrogens is 694 g/mol. The summed E-state index contributed by atoms with van der Waals surface area (Å²) in [5.74, 6) is -2.74. The highest BCUT2D eigenvalue weighted by Crippen LogP contribution is 2.17. The lowest BCUT2D eigenvalue weighted by molar-refractivity contribution is -0.136. The third kappa shape index (κ3) is 10.8. The van der Waals surface area contributed by atoms with Gasteiger partial charge in [0.25, 0.3) is 5.91 Å².